The quantitative estimate of drug-likeness (QED) is 0.472. The number of aliphatic carboxylic acids is 1. The molecule has 2 heterocycles. The number of nitrogens with zero attached hydrogens (tertiary/aromatic N) is 3. The van der Waals surface area contributed by atoms with Gasteiger partial charge in [0.25, 0.3) is 0 Å². The lowest BCUT2D eigenvalue weighted by molar-refractivity contribution is -0.144. The zero-order valence-corrected chi connectivity index (χ0v) is 18.6. The van der Waals surface area contributed by atoms with E-state index in [-0.39, 0.29) is 6.04 Å². The van der Waals surface area contributed by atoms with Crippen LogP contribution in [0.1, 0.15) is 31.2 Å². The van der Waals surface area contributed by atoms with E-state index in [2.05, 4.69) is 5.10 Å². The predicted octanol–water partition coefficient (Wildman–Crippen LogP) is 5.10. The Bertz CT molecular complexity index is 1050. The van der Waals surface area contributed by atoms with E-state index < -0.39 is 5.97 Å². The average molecular weight is 462 g/mol. The highest BCUT2D eigenvalue weighted by molar-refractivity contribution is 6.31. The molecular weight excluding hydrogens is 437 g/mol. The molecule has 31 heavy (non-hydrogen) atoms. The van der Waals surface area contributed by atoms with Crippen molar-refractivity contribution in [3.05, 3.63) is 58.1 Å². The van der Waals surface area contributed by atoms with Crippen molar-refractivity contribution in [2.75, 3.05) is 19.7 Å². The fourth-order valence-electron chi connectivity index (χ4n) is 4.09. The van der Waals surface area contributed by atoms with Crippen LogP contribution in [0, 0.1) is 0 Å². The van der Waals surface area contributed by atoms with Gasteiger partial charge in [-0.1, -0.05) is 41.8 Å². The van der Waals surface area contributed by atoms with Gasteiger partial charge in [0.15, 0.2) is 0 Å². The number of ether oxygens (including phenoxy) is 1. The standard InChI is InChI=1S/C23H25Cl2N3O3/c24-17-7-5-16(6-8-17)15-28-20-10-9-18(25)14-19(20)22(26-28)31-13-3-12-27-11-2-1-4-21(27)23(29)30/h5-10,14,21H,1-4,11-13,15H2,(H,29,30). The van der Waals surface area contributed by atoms with E-state index in [1.54, 1.807) is 0 Å². The van der Waals surface area contributed by atoms with E-state index in [1.807, 2.05) is 52.0 Å². The third-order valence-corrected chi connectivity index (χ3v) is 6.14. The summed E-state index contributed by atoms with van der Waals surface area (Å²) < 4.78 is 7.91. The first kappa shape index (κ1) is 21.9. The van der Waals surface area contributed by atoms with E-state index in [0.29, 0.717) is 42.0 Å². The number of carbonyl (C=O) groups is 1. The van der Waals surface area contributed by atoms with Gasteiger partial charge in [-0.3, -0.25) is 14.4 Å². The number of halogens is 2. The second-order valence-electron chi connectivity index (χ2n) is 7.84. The predicted molar refractivity (Wildman–Crippen MR) is 122 cm³/mol. The molecule has 0 spiro atoms. The summed E-state index contributed by atoms with van der Waals surface area (Å²) in [6.45, 7) is 2.57. The SMILES string of the molecule is O=C(O)C1CCCCN1CCCOc1nn(Cc2ccc(Cl)cc2)c2ccc(Cl)cc12. The van der Waals surface area contributed by atoms with Crippen molar-refractivity contribution in [3.8, 4) is 5.88 Å². The molecule has 1 atom stereocenters. The van der Waals surface area contributed by atoms with Crippen molar-refractivity contribution in [1.29, 1.82) is 0 Å². The molecule has 164 valence electrons. The van der Waals surface area contributed by atoms with Crippen LogP contribution in [0.4, 0.5) is 0 Å². The summed E-state index contributed by atoms with van der Waals surface area (Å²) in [6, 6.07) is 12.9. The Balaban J connectivity index is 1.44. The van der Waals surface area contributed by atoms with E-state index in [0.717, 1.165) is 42.3 Å². The van der Waals surface area contributed by atoms with Crippen molar-refractivity contribution in [2.45, 2.75) is 38.3 Å². The van der Waals surface area contributed by atoms with Crippen molar-refractivity contribution in [2.24, 2.45) is 0 Å². The van der Waals surface area contributed by atoms with Gasteiger partial charge in [0, 0.05) is 16.6 Å². The molecule has 0 amide bonds. The number of carboxylic acid groups (broad SMARTS) is 1. The maximum Gasteiger partial charge on any atom is 0.320 e. The van der Waals surface area contributed by atoms with Crippen molar-refractivity contribution < 1.29 is 14.6 Å². The maximum absolute atomic E-state index is 11.5. The fraction of sp³-hybridized carbons (Fsp3) is 0.391. The largest absolute Gasteiger partial charge is 0.480 e. The Hall–Kier alpha value is -2.28. The van der Waals surface area contributed by atoms with Gasteiger partial charge in [0.2, 0.25) is 5.88 Å². The highest BCUT2D eigenvalue weighted by Crippen LogP contribution is 2.29. The summed E-state index contributed by atoms with van der Waals surface area (Å²) in [5.41, 5.74) is 2.02. The second-order valence-corrected chi connectivity index (χ2v) is 8.71. The van der Waals surface area contributed by atoms with Crippen LogP contribution in [-0.2, 0) is 11.3 Å². The molecule has 8 heteroatoms. The van der Waals surface area contributed by atoms with Gasteiger partial charge in [0.1, 0.15) is 6.04 Å². The molecule has 0 aliphatic carbocycles. The summed E-state index contributed by atoms with van der Waals surface area (Å²) in [6.07, 6.45) is 3.47. The number of rotatable bonds is 8. The summed E-state index contributed by atoms with van der Waals surface area (Å²) in [5, 5.41) is 16.3. The highest BCUT2D eigenvalue weighted by Gasteiger charge is 2.27. The van der Waals surface area contributed by atoms with Crippen LogP contribution < -0.4 is 4.74 Å². The molecule has 1 unspecified atom stereocenters. The number of piperidine rings is 1. The summed E-state index contributed by atoms with van der Waals surface area (Å²) in [5.74, 6) is -0.193. The number of likely N-dealkylation sites (tertiary alicyclic amines) is 1. The summed E-state index contributed by atoms with van der Waals surface area (Å²) in [4.78, 5) is 13.5. The fourth-order valence-corrected chi connectivity index (χ4v) is 4.38. The van der Waals surface area contributed by atoms with Crippen LogP contribution in [0.2, 0.25) is 10.0 Å². The molecule has 6 nitrogen and oxygen atoms in total. The maximum atomic E-state index is 11.5. The van der Waals surface area contributed by atoms with E-state index in [9.17, 15) is 9.90 Å². The number of hydrogen-bond acceptors (Lipinski definition) is 4. The molecule has 1 saturated heterocycles. The molecule has 2 aromatic carbocycles. The van der Waals surface area contributed by atoms with Gasteiger partial charge < -0.3 is 9.84 Å². The smallest absolute Gasteiger partial charge is 0.320 e. The number of benzene rings is 2. The monoisotopic (exact) mass is 461 g/mol. The Morgan fingerprint density at radius 3 is 2.68 bits per heavy atom. The second kappa shape index (κ2) is 9.90. The van der Waals surface area contributed by atoms with Gasteiger partial charge >= 0.3 is 5.97 Å². The molecule has 0 saturated carbocycles. The number of aromatic nitrogens is 2. The minimum absolute atomic E-state index is 0.382. The Kier molecular flexibility index (Phi) is 7.00. The van der Waals surface area contributed by atoms with Crippen LogP contribution in [-0.4, -0.2) is 51.5 Å². The lowest BCUT2D eigenvalue weighted by Crippen LogP contribution is -2.45. The highest BCUT2D eigenvalue weighted by atomic mass is 35.5. The van der Waals surface area contributed by atoms with Crippen LogP contribution in [0.5, 0.6) is 5.88 Å². The summed E-state index contributed by atoms with van der Waals surface area (Å²) in [7, 11) is 0. The van der Waals surface area contributed by atoms with Gasteiger partial charge in [0.05, 0.1) is 24.1 Å². The molecule has 0 radical (unpaired) electrons. The van der Waals surface area contributed by atoms with Gasteiger partial charge in [-0.2, -0.15) is 0 Å². The van der Waals surface area contributed by atoms with Crippen LogP contribution in [0.15, 0.2) is 42.5 Å². The minimum atomic E-state index is -0.734. The van der Waals surface area contributed by atoms with Gasteiger partial charge in [-0.25, -0.2) is 0 Å². The lowest BCUT2D eigenvalue weighted by atomic mass is 10.0. The minimum Gasteiger partial charge on any atom is -0.480 e. The number of fused-ring (bicyclic) bond motifs is 1. The molecule has 1 N–H and O–H groups in total. The molecule has 1 fully saturated rings. The number of carboxylic acids is 1. The van der Waals surface area contributed by atoms with E-state index >= 15 is 0 Å². The van der Waals surface area contributed by atoms with Crippen LogP contribution in [0.3, 0.4) is 0 Å². The Morgan fingerprint density at radius 1 is 1.13 bits per heavy atom. The molecule has 0 bridgehead atoms. The topological polar surface area (TPSA) is 67.6 Å². The first-order chi connectivity index (χ1) is 15.0. The average Bonchev–Trinajstić information content (AvgIpc) is 3.09. The first-order valence-corrected chi connectivity index (χ1v) is 11.3. The third kappa shape index (κ3) is 5.32. The third-order valence-electron chi connectivity index (χ3n) is 5.65. The molecule has 4 rings (SSSR count). The molecule has 1 aromatic heterocycles. The van der Waals surface area contributed by atoms with Crippen LogP contribution >= 0.6 is 23.2 Å². The molecule has 1 aliphatic heterocycles. The van der Waals surface area contributed by atoms with Crippen molar-refractivity contribution in [1.82, 2.24) is 14.7 Å². The molecule has 1 aliphatic rings. The van der Waals surface area contributed by atoms with Crippen molar-refractivity contribution in [3.63, 3.8) is 0 Å². The molecular formula is C23H25Cl2N3O3. The number of hydrogen-bond donors (Lipinski definition) is 1. The normalized spacial score (nSPS) is 17.2. The zero-order chi connectivity index (χ0) is 21.8. The van der Waals surface area contributed by atoms with Gasteiger partial charge in [-0.15, -0.1) is 5.10 Å². The lowest BCUT2D eigenvalue weighted by Gasteiger charge is -2.32. The van der Waals surface area contributed by atoms with E-state index in [4.69, 9.17) is 27.9 Å². The van der Waals surface area contributed by atoms with Crippen LogP contribution in [0.25, 0.3) is 10.9 Å². The first-order valence-electron chi connectivity index (χ1n) is 10.5. The van der Waals surface area contributed by atoms with Gasteiger partial charge in [-0.05, 0) is 61.7 Å². The zero-order valence-electron chi connectivity index (χ0n) is 17.1. The Morgan fingerprint density at radius 2 is 1.90 bits per heavy atom. The molecule has 3 aromatic rings. The summed E-state index contributed by atoms with van der Waals surface area (Å²) >= 11 is 12.2. The van der Waals surface area contributed by atoms with Crippen molar-refractivity contribution >= 4 is 40.1 Å². The van der Waals surface area contributed by atoms with E-state index in [1.165, 1.54) is 0 Å². The Labute approximate surface area is 191 Å².